The fourth-order valence-corrected chi connectivity index (χ4v) is 2.83. The van der Waals surface area contributed by atoms with Gasteiger partial charge >= 0.3 is 5.97 Å². The molecule has 98 valence electrons. The second kappa shape index (κ2) is 5.71. The number of aliphatic hydroxyl groups is 1. The summed E-state index contributed by atoms with van der Waals surface area (Å²) in [5.74, 6) is -0.637. The van der Waals surface area contributed by atoms with Crippen LogP contribution in [0.5, 0.6) is 0 Å². The van der Waals surface area contributed by atoms with E-state index < -0.39 is 12.1 Å². The zero-order valence-corrected chi connectivity index (χ0v) is 11.8. The summed E-state index contributed by atoms with van der Waals surface area (Å²) in [5.41, 5.74) is 1.49. The van der Waals surface area contributed by atoms with Crippen LogP contribution >= 0.6 is 15.9 Å². The highest BCUT2D eigenvalue weighted by Gasteiger charge is 2.26. The molecule has 1 saturated heterocycles. The predicted molar refractivity (Wildman–Crippen MR) is 72.6 cm³/mol. The molecule has 18 heavy (non-hydrogen) atoms. The van der Waals surface area contributed by atoms with Crippen molar-refractivity contribution < 1.29 is 14.6 Å². The van der Waals surface area contributed by atoms with Crippen LogP contribution in [-0.4, -0.2) is 31.3 Å². The van der Waals surface area contributed by atoms with Gasteiger partial charge < -0.3 is 14.7 Å². The van der Waals surface area contributed by atoms with Gasteiger partial charge in [-0.3, -0.25) is 0 Å². The highest BCUT2D eigenvalue weighted by Crippen LogP contribution is 2.35. The van der Waals surface area contributed by atoms with Crippen molar-refractivity contribution in [3.63, 3.8) is 0 Å². The lowest BCUT2D eigenvalue weighted by Crippen LogP contribution is -2.23. The van der Waals surface area contributed by atoms with E-state index in [2.05, 4.69) is 25.6 Å². The van der Waals surface area contributed by atoms with Crippen LogP contribution in [0.15, 0.2) is 22.7 Å². The van der Waals surface area contributed by atoms with Crippen molar-refractivity contribution in [3.05, 3.63) is 28.2 Å². The number of aliphatic hydroxyl groups excluding tert-OH is 1. The molecule has 1 unspecified atom stereocenters. The van der Waals surface area contributed by atoms with Crippen molar-refractivity contribution >= 4 is 27.6 Å². The van der Waals surface area contributed by atoms with Crippen molar-refractivity contribution in [2.45, 2.75) is 18.9 Å². The van der Waals surface area contributed by atoms with Crippen LogP contribution in [0.1, 0.15) is 24.5 Å². The second-order valence-corrected chi connectivity index (χ2v) is 5.15. The molecule has 0 radical (unpaired) electrons. The molecule has 5 heteroatoms. The Bertz CT molecular complexity index is 444. The summed E-state index contributed by atoms with van der Waals surface area (Å²) in [6.45, 7) is 1.91. The van der Waals surface area contributed by atoms with E-state index in [0.717, 1.165) is 36.1 Å². The molecule has 2 rings (SSSR count). The molecule has 1 heterocycles. The predicted octanol–water partition coefficient (Wildman–Crippen LogP) is 2.26. The van der Waals surface area contributed by atoms with Gasteiger partial charge in [0.1, 0.15) is 0 Å². The number of carbonyl (C=O) groups excluding carboxylic acids is 1. The molecule has 0 spiro atoms. The molecule has 1 fully saturated rings. The first-order chi connectivity index (χ1) is 8.65. The quantitative estimate of drug-likeness (QED) is 0.870. The fourth-order valence-electron chi connectivity index (χ4n) is 2.26. The van der Waals surface area contributed by atoms with Crippen molar-refractivity contribution in [2.75, 3.05) is 25.1 Å². The third kappa shape index (κ3) is 2.52. The number of carbonyl (C=O) groups is 1. The van der Waals surface area contributed by atoms with E-state index >= 15 is 0 Å². The number of benzene rings is 1. The van der Waals surface area contributed by atoms with Crippen LogP contribution in [0.25, 0.3) is 0 Å². The van der Waals surface area contributed by atoms with E-state index in [1.165, 1.54) is 7.11 Å². The molecule has 4 nitrogen and oxygen atoms in total. The highest BCUT2D eigenvalue weighted by atomic mass is 79.9. The number of rotatable bonds is 3. The average Bonchev–Trinajstić information content (AvgIpc) is 2.90. The zero-order chi connectivity index (χ0) is 13.1. The molecule has 0 saturated carbocycles. The molecule has 0 aliphatic carbocycles. The van der Waals surface area contributed by atoms with Crippen molar-refractivity contribution in [1.29, 1.82) is 0 Å². The molecule has 0 amide bonds. The summed E-state index contributed by atoms with van der Waals surface area (Å²) >= 11 is 3.40. The molecular weight excluding hydrogens is 298 g/mol. The maximum atomic E-state index is 11.5. The lowest BCUT2D eigenvalue weighted by atomic mass is 10.1. The average molecular weight is 314 g/mol. The largest absolute Gasteiger partial charge is 0.467 e. The minimum Gasteiger partial charge on any atom is -0.467 e. The first-order valence-electron chi connectivity index (χ1n) is 5.94. The Morgan fingerprint density at radius 3 is 2.72 bits per heavy atom. The van der Waals surface area contributed by atoms with Gasteiger partial charge in [-0.2, -0.15) is 0 Å². The number of halogens is 1. The Balaban J connectivity index is 2.40. The smallest absolute Gasteiger partial charge is 0.339 e. The summed E-state index contributed by atoms with van der Waals surface area (Å²) in [7, 11) is 1.28. The maximum absolute atomic E-state index is 11.5. The Hall–Kier alpha value is -1.07. The fraction of sp³-hybridized carbons (Fsp3) is 0.462. The third-order valence-electron chi connectivity index (χ3n) is 3.17. The van der Waals surface area contributed by atoms with Gasteiger partial charge in [-0.15, -0.1) is 0 Å². The molecule has 0 aromatic heterocycles. The van der Waals surface area contributed by atoms with Crippen molar-refractivity contribution in [2.24, 2.45) is 0 Å². The summed E-state index contributed by atoms with van der Waals surface area (Å²) in [6, 6.07) is 5.66. The monoisotopic (exact) mass is 313 g/mol. The molecule has 1 N–H and O–H groups in total. The number of esters is 1. The summed E-state index contributed by atoms with van der Waals surface area (Å²) in [6.07, 6.45) is 1.03. The van der Waals surface area contributed by atoms with Crippen molar-refractivity contribution in [1.82, 2.24) is 0 Å². The van der Waals surface area contributed by atoms with E-state index in [4.69, 9.17) is 0 Å². The summed E-state index contributed by atoms with van der Waals surface area (Å²) < 4.78 is 5.34. The topological polar surface area (TPSA) is 49.8 Å². The number of hydrogen-bond donors (Lipinski definition) is 1. The van der Waals surface area contributed by atoms with Crippen molar-refractivity contribution in [3.8, 4) is 0 Å². The van der Waals surface area contributed by atoms with Crippen LogP contribution < -0.4 is 4.90 Å². The maximum Gasteiger partial charge on any atom is 0.339 e. The van der Waals surface area contributed by atoms with Crippen LogP contribution in [-0.2, 0) is 9.53 Å². The molecule has 1 aromatic carbocycles. The second-order valence-electron chi connectivity index (χ2n) is 4.29. The number of methoxy groups -OCH3 is 1. The zero-order valence-electron chi connectivity index (χ0n) is 10.2. The number of anilines is 1. The Morgan fingerprint density at radius 1 is 1.44 bits per heavy atom. The van der Waals surface area contributed by atoms with Gasteiger partial charge in [0.05, 0.1) is 7.11 Å². The SMILES string of the molecule is COC(=O)C(O)c1c(Br)cccc1N1CCCC1. The number of ether oxygens (including phenoxy) is 1. The van der Waals surface area contributed by atoms with Crippen LogP contribution in [0.4, 0.5) is 5.69 Å². The summed E-state index contributed by atoms with van der Waals surface area (Å²) in [4.78, 5) is 13.7. The lowest BCUT2D eigenvalue weighted by molar-refractivity contribution is -0.150. The molecule has 1 aliphatic rings. The molecule has 1 aromatic rings. The van der Waals surface area contributed by atoms with Gasteiger partial charge in [0.15, 0.2) is 6.10 Å². The molecule has 1 atom stereocenters. The van der Waals surface area contributed by atoms with E-state index in [1.54, 1.807) is 0 Å². The van der Waals surface area contributed by atoms with E-state index in [0.29, 0.717) is 5.56 Å². The minimum absolute atomic E-state index is 0.589. The van der Waals surface area contributed by atoms with Crippen LogP contribution in [0, 0.1) is 0 Å². The molecule has 1 aliphatic heterocycles. The van der Waals surface area contributed by atoms with E-state index in [1.807, 2.05) is 18.2 Å². The van der Waals surface area contributed by atoms with Crippen LogP contribution in [0.3, 0.4) is 0 Å². The molecular formula is C13H16BrNO3. The molecule has 0 bridgehead atoms. The van der Waals surface area contributed by atoms with Gasteiger partial charge in [0, 0.05) is 28.8 Å². The summed E-state index contributed by atoms with van der Waals surface area (Å²) in [5, 5.41) is 10.1. The third-order valence-corrected chi connectivity index (χ3v) is 3.87. The van der Waals surface area contributed by atoms with Gasteiger partial charge in [-0.05, 0) is 25.0 Å². The Morgan fingerprint density at radius 2 is 2.11 bits per heavy atom. The van der Waals surface area contributed by atoms with E-state index in [-0.39, 0.29) is 0 Å². The van der Waals surface area contributed by atoms with Gasteiger partial charge in [0.25, 0.3) is 0 Å². The number of hydrogen-bond acceptors (Lipinski definition) is 4. The van der Waals surface area contributed by atoms with Gasteiger partial charge in [-0.1, -0.05) is 22.0 Å². The van der Waals surface area contributed by atoms with Gasteiger partial charge in [-0.25, -0.2) is 4.79 Å². The first kappa shape index (κ1) is 13.4. The standard InChI is InChI=1S/C13H16BrNO3/c1-18-13(17)12(16)11-9(14)5-4-6-10(11)15-7-2-3-8-15/h4-6,12,16H,2-3,7-8H2,1H3. The Labute approximate surface area is 115 Å². The Kier molecular flexibility index (Phi) is 4.24. The highest BCUT2D eigenvalue weighted by molar-refractivity contribution is 9.10. The first-order valence-corrected chi connectivity index (χ1v) is 6.73. The lowest BCUT2D eigenvalue weighted by Gasteiger charge is -2.24. The minimum atomic E-state index is -1.25. The number of nitrogens with zero attached hydrogens (tertiary/aromatic N) is 1. The van der Waals surface area contributed by atoms with Crippen LogP contribution in [0.2, 0.25) is 0 Å². The van der Waals surface area contributed by atoms with Gasteiger partial charge in [0.2, 0.25) is 0 Å². The normalized spacial score (nSPS) is 16.7. The van der Waals surface area contributed by atoms with E-state index in [9.17, 15) is 9.90 Å².